The van der Waals surface area contributed by atoms with Crippen LogP contribution in [0.3, 0.4) is 0 Å². The predicted molar refractivity (Wildman–Crippen MR) is 113 cm³/mol. The van der Waals surface area contributed by atoms with Gasteiger partial charge < -0.3 is 7.43 Å². The second-order valence-electron chi connectivity index (χ2n) is 5.16. The minimum absolute atomic E-state index is 0. The Morgan fingerprint density at radius 3 is 1.77 bits per heavy atom. The Kier molecular flexibility index (Phi) is 10.9. The van der Waals surface area contributed by atoms with Gasteiger partial charge >= 0.3 is 83.8 Å². The number of pyridine rings is 2. The fourth-order valence-electron chi connectivity index (χ4n) is 1.93. The molecular formula is C20H21Cl2N2RuS-. The van der Waals surface area contributed by atoms with Crippen LogP contribution in [0.25, 0.3) is 11.4 Å². The number of nitrogens with zero attached hydrogens (tertiary/aromatic N) is 2. The van der Waals surface area contributed by atoms with Gasteiger partial charge in [0.1, 0.15) is 0 Å². The van der Waals surface area contributed by atoms with Crippen LogP contribution in [0, 0.1) is 21.3 Å². The average Bonchev–Trinajstić information content (AvgIpc) is 2.61. The first kappa shape index (κ1) is 23.0. The Bertz CT molecular complexity index is 794. The molecule has 2 nitrogen and oxygen atoms in total. The van der Waals surface area contributed by atoms with Gasteiger partial charge in [-0.3, -0.25) is 9.97 Å². The molecule has 0 radical (unpaired) electrons. The maximum atomic E-state index is 5.66. The molecule has 0 aliphatic heterocycles. The zero-order valence-corrected chi connectivity index (χ0v) is 18.9. The van der Waals surface area contributed by atoms with Crippen molar-refractivity contribution in [3.05, 3.63) is 85.5 Å². The first-order chi connectivity index (χ1) is 12.0. The Labute approximate surface area is 173 Å². The fraction of sp³-hybridized carbons (Fsp3) is 0.100. The fourth-order valence-corrected chi connectivity index (χ4v) is 4.70. The molecule has 0 unspecified atom stereocenters. The molecule has 1 aromatic carbocycles. The van der Waals surface area contributed by atoms with Crippen molar-refractivity contribution in [3.8, 4) is 11.4 Å². The van der Waals surface area contributed by atoms with Crippen LogP contribution in [0.5, 0.6) is 0 Å². The second kappa shape index (κ2) is 12.4. The third-order valence-electron chi connectivity index (χ3n) is 3.08. The van der Waals surface area contributed by atoms with Crippen molar-refractivity contribution >= 4 is 35.1 Å². The van der Waals surface area contributed by atoms with Crippen LogP contribution in [-0.2, 0) is 13.5 Å². The Hall–Kier alpha value is -1.06. The number of benzene rings is 1. The van der Waals surface area contributed by atoms with Crippen molar-refractivity contribution in [1.29, 1.82) is 0 Å². The second-order valence-corrected chi connectivity index (χ2v) is 12.5. The van der Waals surface area contributed by atoms with Crippen molar-refractivity contribution in [2.75, 3.05) is 0 Å². The first-order valence-corrected chi connectivity index (χ1v) is 13.8. The minimum atomic E-state index is -1.59. The summed E-state index contributed by atoms with van der Waals surface area (Å²) in [6.45, 7) is 4.11. The zero-order valence-electron chi connectivity index (χ0n) is 14.8. The monoisotopic (exact) mass is 493 g/mol. The van der Waals surface area contributed by atoms with E-state index in [1.54, 1.807) is 11.8 Å². The number of hydrogen-bond donors (Lipinski definition) is 0. The number of hydrogen-bond acceptors (Lipinski definition) is 3. The summed E-state index contributed by atoms with van der Waals surface area (Å²) >= 11 is 0.00846. The van der Waals surface area contributed by atoms with Crippen LogP contribution in [-0.4, -0.2) is 13.9 Å². The SMILES string of the molecule is Cc1ccnc(-c2cc(C)ccn2)c1.[CH3-].[Cl][Ru]([Cl])=[CH]Sc1ccccc1. The van der Waals surface area contributed by atoms with Crippen LogP contribution in [0.1, 0.15) is 11.1 Å². The van der Waals surface area contributed by atoms with E-state index in [-0.39, 0.29) is 7.43 Å². The van der Waals surface area contributed by atoms with Gasteiger partial charge in [-0.15, -0.1) is 0 Å². The van der Waals surface area contributed by atoms with Gasteiger partial charge in [-0.1, -0.05) is 0 Å². The summed E-state index contributed by atoms with van der Waals surface area (Å²) in [5, 5.41) is 0. The first-order valence-electron chi connectivity index (χ1n) is 7.43. The van der Waals surface area contributed by atoms with Crippen LogP contribution < -0.4 is 0 Å². The molecule has 0 saturated carbocycles. The molecule has 3 rings (SSSR count). The van der Waals surface area contributed by atoms with Gasteiger partial charge in [0.05, 0.1) is 11.4 Å². The van der Waals surface area contributed by atoms with Crippen LogP contribution in [0.2, 0.25) is 0 Å². The molecule has 0 fully saturated rings. The summed E-state index contributed by atoms with van der Waals surface area (Å²) in [6.07, 6.45) is 3.63. The molecule has 0 spiro atoms. The van der Waals surface area contributed by atoms with E-state index >= 15 is 0 Å². The number of halogens is 2. The molecule has 2 aromatic heterocycles. The topological polar surface area (TPSA) is 25.8 Å². The predicted octanol–water partition coefficient (Wildman–Crippen LogP) is 6.67. The zero-order chi connectivity index (χ0) is 18.1. The maximum absolute atomic E-state index is 5.66. The molecule has 26 heavy (non-hydrogen) atoms. The van der Waals surface area contributed by atoms with Crippen molar-refractivity contribution in [1.82, 2.24) is 9.97 Å². The standard InChI is InChI=1S/C12H12N2.C7H6S.CH3.2ClH.Ru/c1-9-3-5-13-11(7-9)12-8-10(2)4-6-14-12;1-8-7-5-3-2-4-6-7;;;;/h3-8H,1-2H3;1-6H;1H3;2*1H;/q;;-1;;;+2/p-2. The van der Waals surface area contributed by atoms with Crippen molar-refractivity contribution in [3.63, 3.8) is 0 Å². The summed E-state index contributed by atoms with van der Waals surface area (Å²) in [6, 6.07) is 18.1. The van der Waals surface area contributed by atoms with Crippen molar-refractivity contribution < 1.29 is 13.5 Å². The molecule has 0 bridgehead atoms. The summed E-state index contributed by atoms with van der Waals surface area (Å²) in [5.74, 6) is 0. The van der Waals surface area contributed by atoms with E-state index in [1.807, 2.05) is 70.9 Å². The number of aryl methyl sites for hydroxylation is 2. The average molecular weight is 493 g/mol. The molecule has 140 valence electrons. The van der Waals surface area contributed by atoms with E-state index in [9.17, 15) is 0 Å². The molecule has 0 amide bonds. The summed E-state index contributed by atoms with van der Waals surface area (Å²) in [7, 11) is 11.3. The third-order valence-corrected chi connectivity index (χ3v) is 7.61. The van der Waals surface area contributed by atoms with Gasteiger partial charge in [-0.2, -0.15) is 0 Å². The molecule has 3 aromatic rings. The summed E-state index contributed by atoms with van der Waals surface area (Å²) < 4.78 is 1.92. The molecule has 0 saturated heterocycles. The molecule has 0 aliphatic rings. The molecule has 6 heteroatoms. The van der Waals surface area contributed by atoms with Gasteiger partial charge in [0.15, 0.2) is 0 Å². The van der Waals surface area contributed by atoms with E-state index in [0.717, 1.165) is 11.4 Å². The normalized spacial score (nSPS) is 10.1. The van der Waals surface area contributed by atoms with Gasteiger partial charge in [-0.25, -0.2) is 0 Å². The van der Waals surface area contributed by atoms with E-state index in [0.29, 0.717) is 0 Å². The van der Waals surface area contributed by atoms with E-state index in [4.69, 9.17) is 19.4 Å². The molecule has 0 N–H and O–H groups in total. The number of thioether (sulfide) groups is 1. The van der Waals surface area contributed by atoms with Crippen LogP contribution in [0.4, 0.5) is 0 Å². The van der Waals surface area contributed by atoms with Gasteiger partial charge in [0.2, 0.25) is 0 Å². The third kappa shape index (κ3) is 8.55. The van der Waals surface area contributed by atoms with Crippen LogP contribution >= 0.6 is 31.1 Å². The molecular weight excluding hydrogens is 472 g/mol. The Morgan fingerprint density at radius 2 is 1.35 bits per heavy atom. The quantitative estimate of drug-likeness (QED) is 0.231. The summed E-state index contributed by atoms with van der Waals surface area (Å²) in [5.41, 5.74) is 4.29. The number of rotatable bonds is 3. The van der Waals surface area contributed by atoms with Crippen molar-refractivity contribution in [2.24, 2.45) is 0 Å². The molecule has 0 atom stereocenters. The van der Waals surface area contributed by atoms with Gasteiger partial charge in [-0.05, 0) is 49.2 Å². The summed E-state index contributed by atoms with van der Waals surface area (Å²) in [4.78, 5) is 9.76. The van der Waals surface area contributed by atoms with Crippen LogP contribution in [0.15, 0.2) is 71.9 Å². The Balaban J connectivity index is 0.000000258. The molecule has 0 aliphatic carbocycles. The van der Waals surface area contributed by atoms with E-state index in [1.165, 1.54) is 16.0 Å². The van der Waals surface area contributed by atoms with E-state index < -0.39 is 13.5 Å². The molecule has 2 heterocycles. The van der Waals surface area contributed by atoms with Gasteiger partial charge in [0, 0.05) is 12.4 Å². The van der Waals surface area contributed by atoms with E-state index in [2.05, 4.69) is 23.8 Å². The van der Waals surface area contributed by atoms with Gasteiger partial charge in [0.25, 0.3) is 0 Å². The number of aromatic nitrogens is 2. The Morgan fingerprint density at radius 1 is 0.846 bits per heavy atom. The van der Waals surface area contributed by atoms with Crippen molar-refractivity contribution in [2.45, 2.75) is 18.7 Å².